The number of ether oxygens (including phenoxy) is 1. The van der Waals surface area contributed by atoms with Crippen LogP contribution < -0.4 is 11.2 Å². The van der Waals surface area contributed by atoms with Gasteiger partial charge in [0.1, 0.15) is 6.61 Å². The van der Waals surface area contributed by atoms with Gasteiger partial charge in [-0.05, 0) is 30.5 Å². The molecule has 0 bridgehead atoms. The van der Waals surface area contributed by atoms with E-state index in [2.05, 4.69) is 4.98 Å². The summed E-state index contributed by atoms with van der Waals surface area (Å²) < 4.78 is 6.83. The van der Waals surface area contributed by atoms with Gasteiger partial charge in [-0.3, -0.25) is 14.2 Å². The number of aromatic amines is 1. The molecular weight excluding hydrogens is 370 g/mol. The Kier molecular flexibility index (Phi) is 5.57. The van der Waals surface area contributed by atoms with Crippen LogP contribution in [0.5, 0.6) is 0 Å². The number of fused-ring (bicyclic) bond motifs is 1. The second-order valence-corrected chi connectivity index (χ2v) is 7.24. The van der Waals surface area contributed by atoms with Crippen molar-refractivity contribution in [1.29, 1.82) is 0 Å². The molecule has 0 aliphatic carbocycles. The maximum Gasteiger partial charge on any atom is 0.329 e. The van der Waals surface area contributed by atoms with Gasteiger partial charge in [-0.15, -0.1) is 0 Å². The zero-order chi connectivity index (χ0) is 20.2. The van der Waals surface area contributed by atoms with Crippen molar-refractivity contribution in [2.75, 3.05) is 19.7 Å². The zero-order valence-corrected chi connectivity index (χ0v) is 16.0. The minimum atomic E-state index is -0.398. The first-order valence-corrected chi connectivity index (χ1v) is 9.76. The number of amides is 1. The quantitative estimate of drug-likeness (QED) is 0.719. The molecule has 3 aromatic rings. The van der Waals surface area contributed by atoms with Gasteiger partial charge in [0.15, 0.2) is 0 Å². The zero-order valence-electron chi connectivity index (χ0n) is 16.0. The first kappa shape index (κ1) is 19.1. The van der Waals surface area contributed by atoms with Crippen LogP contribution in [-0.4, -0.2) is 40.1 Å². The van der Waals surface area contributed by atoms with Gasteiger partial charge in [-0.2, -0.15) is 0 Å². The van der Waals surface area contributed by atoms with Crippen molar-refractivity contribution >= 4 is 16.8 Å². The molecule has 0 unspecified atom stereocenters. The number of nitrogens with one attached hydrogen (secondary N) is 1. The van der Waals surface area contributed by atoms with Gasteiger partial charge in [0.25, 0.3) is 5.56 Å². The fraction of sp³-hybridized carbons (Fsp3) is 0.318. The standard InChI is InChI=1S/C22H23N3O4/c26-20(15-29-14-16-6-2-1-3-7-16)24-12-10-17(11-13-24)25-21(27)18-8-4-5-9-19(18)23-22(25)28/h1-9,17H,10-15H2,(H,23,28). The van der Waals surface area contributed by atoms with E-state index in [1.165, 1.54) is 4.57 Å². The molecule has 1 saturated heterocycles. The molecule has 150 valence electrons. The summed E-state index contributed by atoms with van der Waals surface area (Å²) in [5.41, 5.74) is 0.890. The molecule has 7 heteroatoms. The molecular formula is C22H23N3O4. The van der Waals surface area contributed by atoms with Crippen LogP contribution in [0, 0.1) is 0 Å². The van der Waals surface area contributed by atoms with Crippen molar-refractivity contribution in [2.24, 2.45) is 0 Å². The number of nitrogens with zero attached hydrogens (tertiary/aromatic N) is 2. The highest BCUT2D eigenvalue weighted by Crippen LogP contribution is 2.20. The molecule has 2 heterocycles. The molecule has 7 nitrogen and oxygen atoms in total. The molecule has 0 spiro atoms. The van der Waals surface area contributed by atoms with E-state index >= 15 is 0 Å². The number of para-hydroxylation sites is 1. The molecule has 1 fully saturated rings. The fourth-order valence-electron chi connectivity index (χ4n) is 3.80. The second-order valence-electron chi connectivity index (χ2n) is 7.24. The molecule has 0 atom stereocenters. The van der Waals surface area contributed by atoms with Gasteiger partial charge >= 0.3 is 5.69 Å². The maximum atomic E-state index is 12.8. The average Bonchev–Trinajstić information content (AvgIpc) is 2.75. The molecule has 2 aromatic carbocycles. The summed E-state index contributed by atoms with van der Waals surface area (Å²) in [5, 5.41) is 0.500. The number of piperidine rings is 1. The summed E-state index contributed by atoms with van der Waals surface area (Å²) in [6.07, 6.45) is 1.12. The van der Waals surface area contributed by atoms with Crippen molar-refractivity contribution in [2.45, 2.75) is 25.5 Å². The SMILES string of the molecule is O=C(COCc1ccccc1)N1CCC(n2c(=O)[nH]c3ccccc3c2=O)CC1. The molecule has 1 amide bonds. The highest BCUT2D eigenvalue weighted by atomic mass is 16.5. The topological polar surface area (TPSA) is 84.4 Å². The Bertz CT molecular complexity index is 1110. The fourth-order valence-corrected chi connectivity index (χ4v) is 3.80. The van der Waals surface area contributed by atoms with E-state index < -0.39 is 5.69 Å². The number of benzene rings is 2. The van der Waals surface area contributed by atoms with Gasteiger partial charge < -0.3 is 14.6 Å². The lowest BCUT2D eigenvalue weighted by molar-refractivity contribution is -0.137. The van der Waals surface area contributed by atoms with Gasteiger partial charge in [-0.1, -0.05) is 42.5 Å². The smallest absolute Gasteiger partial charge is 0.329 e. The third-order valence-corrected chi connectivity index (χ3v) is 5.36. The van der Waals surface area contributed by atoms with E-state index in [0.29, 0.717) is 43.4 Å². The van der Waals surface area contributed by atoms with E-state index in [1.807, 2.05) is 30.3 Å². The van der Waals surface area contributed by atoms with Gasteiger partial charge in [-0.25, -0.2) is 4.79 Å². The molecule has 1 aromatic heterocycles. The van der Waals surface area contributed by atoms with Crippen molar-refractivity contribution in [3.05, 3.63) is 81.0 Å². The molecule has 0 radical (unpaired) electrons. The summed E-state index contributed by atoms with van der Waals surface area (Å²) in [4.78, 5) is 42.2. The number of aromatic nitrogens is 2. The van der Waals surface area contributed by atoms with E-state index in [-0.39, 0.29) is 24.1 Å². The van der Waals surface area contributed by atoms with Crippen molar-refractivity contribution in [1.82, 2.24) is 14.5 Å². The summed E-state index contributed by atoms with van der Waals surface area (Å²) >= 11 is 0. The largest absolute Gasteiger partial charge is 0.367 e. The number of hydrogen-bond donors (Lipinski definition) is 1. The summed E-state index contributed by atoms with van der Waals surface area (Å²) in [6, 6.07) is 16.5. The molecule has 4 rings (SSSR count). The Morgan fingerprint density at radius 1 is 1.00 bits per heavy atom. The predicted octanol–water partition coefficient (Wildman–Crippen LogP) is 2.07. The van der Waals surface area contributed by atoms with Crippen LogP contribution in [-0.2, 0) is 16.1 Å². The Morgan fingerprint density at radius 2 is 1.69 bits per heavy atom. The van der Waals surface area contributed by atoms with Crippen LogP contribution in [0.4, 0.5) is 0 Å². The molecule has 1 N–H and O–H groups in total. The lowest BCUT2D eigenvalue weighted by Crippen LogP contribution is -2.45. The van der Waals surface area contributed by atoms with Crippen LogP contribution in [0.2, 0.25) is 0 Å². The van der Waals surface area contributed by atoms with Gasteiger partial charge in [0, 0.05) is 19.1 Å². The van der Waals surface area contributed by atoms with E-state index in [4.69, 9.17) is 4.74 Å². The normalized spacial score (nSPS) is 15.0. The highest BCUT2D eigenvalue weighted by molar-refractivity contribution is 5.78. The summed E-state index contributed by atoms with van der Waals surface area (Å²) in [5.74, 6) is -0.0702. The molecule has 0 saturated carbocycles. The lowest BCUT2D eigenvalue weighted by atomic mass is 10.0. The highest BCUT2D eigenvalue weighted by Gasteiger charge is 2.26. The Labute approximate surface area is 167 Å². The maximum absolute atomic E-state index is 12.8. The monoisotopic (exact) mass is 393 g/mol. The summed E-state index contributed by atoms with van der Waals surface area (Å²) in [7, 11) is 0. The Morgan fingerprint density at radius 3 is 2.45 bits per heavy atom. The van der Waals surface area contributed by atoms with Crippen LogP contribution in [0.15, 0.2) is 64.2 Å². The van der Waals surface area contributed by atoms with E-state index in [1.54, 1.807) is 29.2 Å². The van der Waals surface area contributed by atoms with Crippen LogP contribution in [0.3, 0.4) is 0 Å². The number of hydrogen-bond acceptors (Lipinski definition) is 4. The lowest BCUT2D eigenvalue weighted by Gasteiger charge is -2.32. The van der Waals surface area contributed by atoms with Crippen LogP contribution in [0.25, 0.3) is 10.9 Å². The van der Waals surface area contributed by atoms with Crippen molar-refractivity contribution in [3.8, 4) is 0 Å². The minimum Gasteiger partial charge on any atom is -0.367 e. The first-order chi connectivity index (χ1) is 14.1. The molecule has 1 aliphatic heterocycles. The third-order valence-electron chi connectivity index (χ3n) is 5.36. The van der Waals surface area contributed by atoms with E-state index in [0.717, 1.165) is 5.56 Å². The van der Waals surface area contributed by atoms with Gasteiger partial charge in [0.05, 0.1) is 17.5 Å². The van der Waals surface area contributed by atoms with Crippen molar-refractivity contribution in [3.63, 3.8) is 0 Å². The number of carbonyl (C=O) groups excluding carboxylic acids is 1. The van der Waals surface area contributed by atoms with Crippen LogP contribution >= 0.6 is 0 Å². The number of carbonyl (C=O) groups is 1. The number of rotatable bonds is 5. The summed E-state index contributed by atoms with van der Waals surface area (Å²) in [6.45, 7) is 1.41. The van der Waals surface area contributed by atoms with Crippen LogP contribution in [0.1, 0.15) is 24.4 Å². The number of likely N-dealkylation sites (tertiary alicyclic amines) is 1. The molecule has 29 heavy (non-hydrogen) atoms. The Hall–Kier alpha value is -3.19. The van der Waals surface area contributed by atoms with Crippen molar-refractivity contribution < 1.29 is 9.53 Å². The van der Waals surface area contributed by atoms with E-state index in [9.17, 15) is 14.4 Å². The number of H-pyrrole nitrogens is 1. The minimum absolute atomic E-state index is 0.0239. The first-order valence-electron chi connectivity index (χ1n) is 9.76. The average molecular weight is 393 g/mol. The second kappa shape index (κ2) is 8.45. The third kappa shape index (κ3) is 4.14. The predicted molar refractivity (Wildman–Crippen MR) is 110 cm³/mol. The van der Waals surface area contributed by atoms with Gasteiger partial charge in [0.2, 0.25) is 5.91 Å². The molecule has 1 aliphatic rings. The Balaban J connectivity index is 1.37.